The van der Waals surface area contributed by atoms with Gasteiger partial charge >= 0.3 is 0 Å². The van der Waals surface area contributed by atoms with Crippen LogP contribution in [-0.2, 0) is 0 Å². The predicted molar refractivity (Wildman–Crippen MR) is 97.9 cm³/mol. The van der Waals surface area contributed by atoms with Crippen LogP contribution in [-0.4, -0.2) is 34.8 Å². The summed E-state index contributed by atoms with van der Waals surface area (Å²) in [5.41, 5.74) is 2.69. The van der Waals surface area contributed by atoms with E-state index in [4.69, 9.17) is 0 Å². The van der Waals surface area contributed by atoms with Crippen LogP contribution in [0.25, 0.3) is 0 Å². The molecule has 1 aliphatic rings. The zero-order valence-corrected chi connectivity index (χ0v) is 14.7. The van der Waals surface area contributed by atoms with E-state index >= 15 is 0 Å². The highest BCUT2D eigenvalue weighted by molar-refractivity contribution is 6.04. The van der Waals surface area contributed by atoms with E-state index in [9.17, 15) is 9.59 Å². The Kier molecular flexibility index (Phi) is 5.12. The summed E-state index contributed by atoms with van der Waals surface area (Å²) in [5.74, 6) is 0.100. The lowest BCUT2D eigenvalue weighted by Gasteiger charge is -2.15. The Labute approximate surface area is 148 Å². The molecule has 2 aromatic rings. The maximum atomic E-state index is 12.4. The number of carbonyl (C=O) groups is 2. The van der Waals surface area contributed by atoms with Gasteiger partial charge in [-0.05, 0) is 48.6 Å². The van der Waals surface area contributed by atoms with Crippen molar-refractivity contribution in [3.05, 3.63) is 59.4 Å². The normalized spacial score (nSPS) is 14.0. The number of nitrogens with zero attached hydrogens (tertiary/aromatic N) is 2. The molecule has 0 aliphatic carbocycles. The second-order valence-corrected chi connectivity index (χ2v) is 6.66. The molecule has 1 saturated heterocycles. The molecule has 1 N–H and O–H groups in total. The third-order valence-corrected chi connectivity index (χ3v) is 4.47. The van der Waals surface area contributed by atoms with E-state index in [-0.39, 0.29) is 17.5 Å². The number of aromatic nitrogens is 1. The van der Waals surface area contributed by atoms with Crippen LogP contribution >= 0.6 is 0 Å². The van der Waals surface area contributed by atoms with Crippen LogP contribution in [0.15, 0.2) is 42.6 Å². The first-order valence-electron chi connectivity index (χ1n) is 8.71. The SMILES string of the molecule is CC(C)c1ccc(NC(=O)c2cc(C(=O)N3CCCC3)ccn2)cc1. The summed E-state index contributed by atoms with van der Waals surface area (Å²) in [4.78, 5) is 30.8. The van der Waals surface area contributed by atoms with Crippen LogP contribution in [0.4, 0.5) is 5.69 Å². The van der Waals surface area contributed by atoms with E-state index in [1.165, 1.54) is 11.8 Å². The molecule has 1 aliphatic heterocycles. The van der Waals surface area contributed by atoms with Gasteiger partial charge in [-0.15, -0.1) is 0 Å². The molecular formula is C20H23N3O2. The summed E-state index contributed by atoms with van der Waals surface area (Å²) in [5, 5.41) is 2.83. The molecule has 5 heteroatoms. The average Bonchev–Trinajstić information content (AvgIpc) is 3.16. The molecular weight excluding hydrogens is 314 g/mol. The van der Waals surface area contributed by atoms with Crippen molar-refractivity contribution in [3.63, 3.8) is 0 Å². The first-order chi connectivity index (χ1) is 12.0. The topological polar surface area (TPSA) is 62.3 Å². The summed E-state index contributed by atoms with van der Waals surface area (Å²) >= 11 is 0. The minimum absolute atomic E-state index is 0.0322. The van der Waals surface area contributed by atoms with Crippen LogP contribution in [0.3, 0.4) is 0 Å². The first kappa shape index (κ1) is 17.1. The average molecular weight is 337 g/mol. The van der Waals surface area contributed by atoms with Gasteiger partial charge in [0.2, 0.25) is 0 Å². The second-order valence-electron chi connectivity index (χ2n) is 6.66. The Morgan fingerprint density at radius 3 is 2.40 bits per heavy atom. The van der Waals surface area contributed by atoms with Gasteiger partial charge in [0, 0.05) is 30.5 Å². The van der Waals surface area contributed by atoms with Crippen molar-refractivity contribution < 1.29 is 9.59 Å². The smallest absolute Gasteiger partial charge is 0.274 e. The second kappa shape index (κ2) is 7.47. The number of rotatable bonds is 4. The van der Waals surface area contributed by atoms with Crippen molar-refractivity contribution >= 4 is 17.5 Å². The third-order valence-electron chi connectivity index (χ3n) is 4.47. The fourth-order valence-electron chi connectivity index (χ4n) is 2.94. The van der Waals surface area contributed by atoms with Gasteiger partial charge in [0.25, 0.3) is 11.8 Å². The van der Waals surface area contributed by atoms with Crippen molar-refractivity contribution in [1.29, 1.82) is 0 Å². The summed E-state index contributed by atoms with van der Waals surface area (Å²) in [6.45, 7) is 5.82. The van der Waals surface area contributed by atoms with Crippen molar-refractivity contribution in [2.75, 3.05) is 18.4 Å². The van der Waals surface area contributed by atoms with Crippen LogP contribution < -0.4 is 5.32 Å². The number of hydrogen-bond acceptors (Lipinski definition) is 3. The van der Waals surface area contributed by atoms with Crippen LogP contribution in [0.2, 0.25) is 0 Å². The number of carbonyl (C=O) groups excluding carboxylic acids is 2. The van der Waals surface area contributed by atoms with Gasteiger partial charge in [0.15, 0.2) is 0 Å². The molecule has 0 saturated carbocycles. The van der Waals surface area contributed by atoms with Gasteiger partial charge in [-0.3, -0.25) is 14.6 Å². The number of hydrogen-bond donors (Lipinski definition) is 1. The van der Waals surface area contributed by atoms with Gasteiger partial charge in [-0.25, -0.2) is 0 Å². The monoisotopic (exact) mass is 337 g/mol. The highest BCUT2D eigenvalue weighted by Crippen LogP contribution is 2.18. The van der Waals surface area contributed by atoms with Gasteiger partial charge in [-0.1, -0.05) is 26.0 Å². The van der Waals surface area contributed by atoms with E-state index in [1.807, 2.05) is 29.2 Å². The Balaban J connectivity index is 1.71. The minimum atomic E-state index is -0.312. The van der Waals surface area contributed by atoms with Gasteiger partial charge in [0.1, 0.15) is 5.69 Å². The molecule has 25 heavy (non-hydrogen) atoms. The van der Waals surface area contributed by atoms with Crippen molar-refractivity contribution in [2.24, 2.45) is 0 Å². The highest BCUT2D eigenvalue weighted by Gasteiger charge is 2.20. The molecule has 0 unspecified atom stereocenters. The van der Waals surface area contributed by atoms with Crippen LogP contribution in [0, 0.1) is 0 Å². The van der Waals surface area contributed by atoms with E-state index in [0.717, 1.165) is 25.9 Å². The summed E-state index contributed by atoms with van der Waals surface area (Å²) in [6, 6.07) is 11.0. The number of amides is 2. The van der Waals surface area contributed by atoms with Gasteiger partial charge < -0.3 is 10.2 Å². The fraction of sp³-hybridized carbons (Fsp3) is 0.350. The Bertz CT molecular complexity index is 763. The molecule has 0 spiro atoms. The van der Waals surface area contributed by atoms with E-state index in [1.54, 1.807) is 12.1 Å². The van der Waals surface area contributed by atoms with Crippen LogP contribution in [0.5, 0.6) is 0 Å². The minimum Gasteiger partial charge on any atom is -0.339 e. The maximum Gasteiger partial charge on any atom is 0.274 e. The molecule has 1 aromatic carbocycles. The van der Waals surface area contributed by atoms with Crippen molar-refractivity contribution in [3.8, 4) is 0 Å². The van der Waals surface area contributed by atoms with E-state index in [2.05, 4.69) is 24.1 Å². The molecule has 1 aromatic heterocycles. The van der Waals surface area contributed by atoms with Gasteiger partial charge in [-0.2, -0.15) is 0 Å². The molecule has 0 atom stereocenters. The zero-order valence-electron chi connectivity index (χ0n) is 14.7. The third kappa shape index (κ3) is 4.05. The number of benzene rings is 1. The molecule has 3 rings (SSSR count). The van der Waals surface area contributed by atoms with Crippen LogP contribution in [0.1, 0.15) is 59.0 Å². The number of anilines is 1. The number of pyridine rings is 1. The summed E-state index contributed by atoms with van der Waals surface area (Å²) in [7, 11) is 0. The standard InChI is InChI=1S/C20H23N3O2/c1-14(2)15-5-7-17(8-6-15)22-19(24)18-13-16(9-10-21-18)20(25)23-11-3-4-12-23/h5-10,13-14H,3-4,11-12H2,1-2H3,(H,22,24). The lowest BCUT2D eigenvalue weighted by Crippen LogP contribution is -2.28. The van der Waals surface area contributed by atoms with E-state index in [0.29, 0.717) is 17.2 Å². The fourth-order valence-corrected chi connectivity index (χ4v) is 2.94. The van der Waals surface area contributed by atoms with E-state index < -0.39 is 0 Å². The summed E-state index contributed by atoms with van der Waals surface area (Å²) < 4.78 is 0. The zero-order chi connectivity index (χ0) is 17.8. The lowest BCUT2D eigenvalue weighted by molar-refractivity contribution is 0.0792. The Morgan fingerprint density at radius 2 is 1.76 bits per heavy atom. The van der Waals surface area contributed by atoms with Crippen molar-refractivity contribution in [2.45, 2.75) is 32.6 Å². The summed E-state index contributed by atoms with van der Waals surface area (Å²) in [6.07, 6.45) is 3.59. The molecule has 1 fully saturated rings. The Morgan fingerprint density at radius 1 is 1.08 bits per heavy atom. The maximum absolute atomic E-state index is 12.4. The predicted octanol–water partition coefficient (Wildman–Crippen LogP) is 3.69. The molecule has 2 heterocycles. The lowest BCUT2D eigenvalue weighted by atomic mass is 10.0. The van der Waals surface area contributed by atoms with Gasteiger partial charge in [0.05, 0.1) is 0 Å². The highest BCUT2D eigenvalue weighted by atomic mass is 16.2. The largest absolute Gasteiger partial charge is 0.339 e. The first-order valence-corrected chi connectivity index (χ1v) is 8.71. The molecule has 5 nitrogen and oxygen atoms in total. The molecule has 0 radical (unpaired) electrons. The quantitative estimate of drug-likeness (QED) is 0.925. The Hall–Kier alpha value is -2.69. The number of nitrogens with one attached hydrogen (secondary N) is 1. The molecule has 0 bridgehead atoms. The van der Waals surface area contributed by atoms with Crippen molar-refractivity contribution in [1.82, 2.24) is 9.88 Å². The molecule has 2 amide bonds. The number of likely N-dealkylation sites (tertiary alicyclic amines) is 1. The molecule has 130 valence electrons.